The highest BCUT2D eigenvalue weighted by Gasteiger charge is 2.14. The minimum absolute atomic E-state index is 1.17. The van der Waals surface area contributed by atoms with Crippen LogP contribution in [0.2, 0.25) is 0 Å². The Balaban J connectivity index is 2.18. The summed E-state index contributed by atoms with van der Waals surface area (Å²) >= 11 is 0. The van der Waals surface area contributed by atoms with Crippen molar-refractivity contribution in [1.29, 1.82) is 0 Å². The van der Waals surface area contributed by atoms with Gasteiger partial charge in [-0.2, -0.15) is 0 Å². The smallest absolute Gasteiger partial charge is 0.234 e. The molecule has 2 nitrogen and oxygen atoms in total. The first-order valence-electron chi connectivity index (χ1n) is 9.90. The van der Waals surface area contributed by atoms with Crippen molar-refractivity contribution in [3.63, 3.8) is 0 Å². The zero-order valence-electron chi connectivity index (χ0n) is 15.4. The Morgan fingerprint density at radius 2 is 1.41 bits per heavy atom. The number of aryl methyl sites for hydroxylation is 2. The fourth-order valence-corrected chi connectivity index (χ4v) is 3.25. The van der Waals surface area contributed by atoms with Crippen LogP contribution in [0.3, 0.4) is 0 Å². The topological polar surface area (TPSA) is 8.81 Å². The average Bonchev–Trinajstić information content (AvgIpc) is 2.89. The summed E-state index contributed by atoms with van der Waals surface area (Å²) in [7, 11) is 0. The van der Waals surface area contributed by atoms with Crippen LogP contribution >= 0.6 is 0 Å². The number of hydrogen-bond donors (Lipinski definition) is 0. The summed E-state index contributed by atoms with van der Waals surface area (Å²) in [5, 5.41) is 0. The molecule has 2 heteroatoms. The SMILES string of the molecule is CCCCCCCCCCCn1cc[n+](CCC)c1CCC. The number of unbranched alkanes of at least 4 members (excludes halogenated alkanes) is 8. The van der Waals surface area contributed by atoms with Gasteiger partial charge in [-0.1, -0.05) is 65.7 Å². The second-order valence-corrected chi connectivity index (χ2v) is 6.68. The Morgan fingerprint density at radius 1 is 0.773 bits per heavy atom. The molecule has 0 aromatic carbocycles. The van der Waals surface area contributed by atoms with Gasteiger partial charge in [-0.15, -0.1) is 0 Å². The van der Waals surface area contributed by atoms with Gasteiger partial charge in [0.15, 0.2) is 0 Å². The maximum Gasteiger partial charge on any atom is 0.256 e. The predicted molar refractivity (Wildman–Crippen MR) is 96.1 cm³/mol. The Hall–Kier alpha value is -0.790. The van der Waals surface area contributed by atoms with Crippen molar-refractivity contribution in [3.8, 4) is 0 Å². The quantitative estimate of drug-likeness (QED) is 0.309. The normalized spacial score (nSPS) is 11.2. The van der Waals surface area contributed by atoms with Gasteiger partial charge in [0.25, 0.3) is 5.82 Å². The lowest BCUT2D eigenvalue weighted by molar-refractivity contribution is -0.703. The highest BCUT2D eigenvalue weighted by molar-refractivity contribution is 4.84. The molecule has 0 aliphatic rings. The number of aromatic nitrogens is 2. The van der Waals surface area contributed by atoms with Crippen LogP contribution in [-0.2, 0) is 19.5 Å². The van der Waals surface area contributed by atoms with Crippen LogP contribution in [0.25, 0.3) is 0 Å². The molecule has 1 aromatic rings. The lowest BCUT2D eigenvalue weighted by atomic mass is 10.1. The third-order valence-electron chi connectivity index (χ3n) is 4.53. The van der Waals surface area contributed by atoms with E-state index in [2.05, 4.69) is 42.3 Å². The zero-order valence-corrected chi connectivity index (χ0v) is 15.4. The summed E-state index contributed by atoms with van der Waals surface area (Å²) in [5.41, 5.74) is 0. The van der Waals surface area contributed by atoms with Gasteiger partial charge in [0.1, 0.15) is 12.4 Å². The van der Waals surface area contributed by atoms with E-state index in [1.807, 2.05) is 0 Å². The molecule has 0 atom stereocenters. The third kappa shape index (κ3) is 7.47. The van der Waals surface area contributed by atoms with E-state index in [1.165, 1.54) is 96.0 Å². The Morgan fingerprint density at radius 3 is 2.00 bits per heavy atom. The summed E-state index contributed by atoms with van der Waals surface area (Å²) in [6.45, 7) is 9.22. The van der Waals surface area contributed by atoms with Gasteiger partial charge in [0.05, 0.1) is 13.1 Å². The Bertz CT molecular complexity index is 368. The first-order valence-corrected chi connectivity index (χ1v) is 9.90. The second-order valence-electron chi connectivity index (χ2n) is 6.68. The Kier molecular flexibility index (Phi) is 11.1. The molecular formula is C20H39N2+. The van der Waals surface area contributed by atoms with Crippen molar-refractivity contribution in [2.45, 2.75) is 111 Å². The summed E-state index contributed by atoms with van der Waals surface area (Å²) in [6.07, 6.45) is 21.0. The molecule has 0 aliphatic heterocycles. The molecule has 0 amide bonds. The third-order valence-corrected chi connectivity index (χ3v) is 4.53. The molecule has 0 radical (unpaired) electrons. The monoisotopic (exact) mass is 307 g/mol. The summed E-state index contributed by atoms with van der Waals surface area (Å²) in [5.74, 6) is 1.53. The highest BCUT2D eigenvalue weighted by Crippen LogP contribution is 2.11. The van der Waals surface area contributed by atoms with Crippen molar-refractivity contribution >= 4 is 0 Å². The van der Waals surface area contributed by atoms with Gasteiger partial charge in [-0.25, -0.2) is 9.13 Å². The van der Waals surface area contributed by atoms with Crippen molar-refractivity contribution in [3.05, 3.63) is 18.2 Å². The van der Waals surface area contributed by atoms with E-state index in [9.17, 15) is 0 Å². The first-order chi connectivity index (χ1) is 10.8. The summed E-state index contributed by atoms with van der Waals surface area (Å²) < 4.78 is 4.96. The average molecular weight is 308 g/mol. The van der Waals surface area contributed by atoms with Crippen molar-refractivity contribution in [1.82, 2.24) is 4.57 Å². The largest absolute Gasteiger partial charge is 0.256 e. The molecule has 0 bridgehead atoms. The lowest BCUT2D eigenvalue weighted by Gasteiger charge is -2.04. The van der Waals surface area contributed by atoms with Gasteiger partial charge in [0.2, 0.25) is 0 Å². The molecule has 0 aliphatic carbocycles. The standard InChI is InChI=1S/C20H39N2/c1-4-7-8-9-10-11-12-13-14-17-22-19-18-21(16-6-3)20(22)15-5-2/h18-19H,4-17H2,1-3H3/q+1. The van der Waals surface area contributed by atoms with E-state index in [-0.39, 0.29) is 0 Å². The minimum Gasteiger partial charge on any atom is -0.234 e. The van der Waals surface area contributed by atoms with Crippen LogP contribution in [0.5, 0.6) is 0 Å². The number of rotatable bonds is 14. The molecule has 1 rings (SSSR count). The molecule has 0 N–H and O–H groups in total. The molecule has 1 heterocycles. The van der Waals surface area contributed by atoms with Crippen LogP contribution < -0.4 is 4.57 Å². The summed E-state index contributed by atoms with van der Waals surface area (Å²) in [4.78, 5) is 0. The molecule has 0 saturated heterocycles. The fourth-order valence-electron chi connectivity index (χ4n) is 3.25. The first kappa shape index (κ1) is 19.3. The molecule has 0 spiro atoms. The van der Waals surface area contributed by atoms with Crippen molar-refractivity contribution < 1.29 is 4.57 Å². The number of hydrogen-bond acceptors (Lipinski definition) is 0. The van der Waals surface area contributed by atoms with Crippen LogP contribution in [-0.4, -0.2) is 4.57 Å². The molecular weight excluding hydrogens is 268 g/mol. The molecule has 1 aromatic heterocycles. The van der Waals surface area contributed by atoms with Gasteiger partial charge in [0, 0.05) is 6.42 Å². The van der Waals surface area contributed by atoms with E-state index in [4.69, 9.17) is 0 Å². The number of imidazole rings is 1. The molecule has 0 saturated carbocycles. The van der Waals surface area contributed by atoms with E-state index < -0.39 is 0 Å². The predicted octanol–water partition coefficient (Wildman–Crippen LogP) is 5.67. The van der Waals surface area contributed by atoms with Crippen LogP contribution in [0, 0.1) is 0 Å². The van der Waals surface area contributed by atoms with E-state index in [0.29, 0.717) is 0 Å². The van der Waals surface area contributed by atoms with Crippen LogP contribution in [0.1, 0.15) is 97.2 Å². The maximum absolute atomic E-state index is 2.50. The van der Waals surface area contributed by atoms with Gasteiger partial charge in [-0.3, -0.25) is 0 Å². The van der Waals surface area contributed by atoms with E-state index in [0.717, 1.165) is 0 Å². The van der Waals surface area contributed by atoms with Crippen LogP contribution in [0.15, 0.2) is 12.4 Å². The van der Waals surface area contributed by atoms with Gasteiger partial charge < -0.3 is 0 Å². The van der Waals surface area contributed by atoms with Crippen molar-refractivity contribution in [2.24, 2.45) is 0 Å². The molecule has 22 heavy (non-hydrogen) atoms. The fraction of sp³-hybridized carbons (Fsp3) is 0.850. The Labute approximate surface area is 138 Å². The molecule has 128 valence electrons. The second kappa shape index (κ2) is 12.7. The molecule has 0 unspecified atom stereocenters. The molecule has 0 fully saturated rings. The van der Waals surface area contributed by atoms with Gasteiger partial charge in [-0.05, 0) is 25.7 Å². The minimum atomic E-state index is 1.17. The lowest BCUT2D eigenvalue weighted by Crippen LogP contribution is -2.37. The van der Waals surface area contributed by atoms with Gasteiger partial charge >= 0.3 is 0 Å². The maximum atomic E-state index is 2.50. The zero-order chi connectivity index (χ0) is 16.0. The van der Waals surface area contributed by atoms with E-state index in [1.54, 1.807) is 0 Å². The summed E-state index contributed by atoms with van der Waals surface area (Å²) in [6, 6.07) is 0. The van der Waals surface area contributed by atoms with Crippen molar-refractivity contribution in [2.75, 3.05) is 0 Å². The van der Waals surface area contributed by atoms with Crippen LogP contribution in [0.4, 0.5) is 0 Å². The number of nitrogens with zero attached hydrogens (tertiary/aromatic N) is 2. The highest BCUT2D eigenvalue weighted by atomic mass is 15.1. The van der Waals surface area contributed by atoms with E-state index >= 15 is 0 Å².